The van der Waals surface area contributed by atoms with Gasteiger partial charge in [0.2, 0.25) is 0 Å². The van der Waals surface area contributed by atoms with E-state index in [2.05, 4.69) is 25.7 Å². The highest BCUT2D eigenvalue weighted by atomic mass is 32.1. The van der Waals surface area contributed by atoms with Crippen molar-refractivity contribution in [2.75, 3.05) is 6.79 Å². The Hall–Kier alpha value is -3.30. The Morgan fingerprint density at radius 2 is 1.97 bits per heavy atom. The maximum Gasteiger partial charge on any atom is 0.471 e. The van der Waals surface area contributed by atoms with Crippen molar-refractivity contribution in [2.45, 2.75) is 18.6 Å². The molecule has 0 fully saturated rings. The normalized spacial score (nSPS) is 13.3. The number of thiazole rings is 1. The first-order chi connectivity index (χ1) is 16.8. The number of benzene rings is 2. The molecule has 35 heavy (non-hydrogen) atoms. The molecule has 0 saturated heterocycles. The first-order valence-electron chi connectivity index (χ1n) is 10.1. The fourth-order valence-electron chi connectivity index (χ4n) is 3.51. The zero-order valence-corrected chi connectivity index (χ0v) is 19.8. The van der Waals surface area contributed by atoms with Crippen LogP contribution in [0.1, 0.15) is 16.1 Å². The van der Waals surface area contributed by atoms with Crippen LogP contribution in [0, 0.1) is 17.1 Å². The number of ether oxygens (including phenoxy) is 1. The van der Waals surface area contributed by atoms with E-state index in [-0.39, 0.29) is 18.5 Å². The highest BCUT2D eigenvalue weighted by Crippen LogP contribution is 2.39. The van der Waals surface area contributed by atoms with E-state index in [0.717, 1.165) is 5.56 Å². The molecular formula is C22H19FN5O5PS. The minimum absolute atomic E-state index is 0.0375. The molecule has 0 amide bonds. The molecule has 0 spiro atoms. The van der Waals surface area contributed by atoms with Crippen LogP contribution in [-0.4, -0.2) is 36.3 Å². The zero-order valence-electron chi connectivity index (χ0n) is 18.1. The quantitative estimate of drug-likeness (QED) is 0.239. The van der Waals surface area contributed by atoms with Crippen molar-refractivity contribution < 1.29 is 28.0 Å². The van der Waals surface area contributed by atoms with E-state index >= 15 is 4.39 Å². The number of phosphoric ester groups is 1. The highest BCUT2D eigenvalue weighted by molar-refractivity contribution is 7.46. The standard InChI is InChI=1S/C22H19FN5O5PS/c23-19-4-2-1-3-18(19)22(12-28-14-25-13-26-28,32-15-33-34(29,30)31)9-21-27-20(11-35-21)17-7-5-16(10-24)6-8-17/h1-8,11,13-14H,9,12,15H2,(H2,29,30,31)/t22-/m0/s1. The lowest BCUT2D eigenvalue weighted by molar-refractivity contribution is -0.128. The van der Waals surface area contributed by atoms with Crippen LogP contribution in [0.3, 0.4) is 0 Å². The van der Waals surface area contributed by atoms with Crippen LogP contribution >= 0.6 is 19.2 Å². The van der Waals surface area contributed by atoms with Crippen molar-refractivity contribution in [1.29, 1.82) is 5.26 Å². The monoisotopic (exact) mass is 515 g/mol. The van der Waals surface area contributed by atoms with E-state index in [1.807, 2.05) is 5.38 Å². The molecule has 2 N–H and O–H groups in total. The van der Waals surface area contributed by atoms with E-state index in [0.29, 0.717) is 16.3 Å². The average Bonchev–Trinajstić information content (AvgIpc) is 3.51. The van der Waals surface area contributed by atoms with Gasteiger partial charge in [-0.25, -0.2) is 23.6 Å². The molecule has 4 rings (SSSR count). The van der Waals surface area contributed by atoms with Crippen LogP contribution < -0.4 is 0 Å². The molecule has 2 heterocycles. The summed E-state index contributed by atoms with van der Waals surface area (Å²) in [5.41, 5.74) is 0.622. The molecule has 0 aliphatic rings. The summed E-state index contributed by atoms with van der Waals surface area (Å²) < 4.78 is 38.2. The molecule has 0 aliphatic carbocycles. The van der Waals surface area contributed by atoms with E-state index in [9.17, 15) is 4.57 Å². The van der Waals surface area contributed by atoms with Crippen molar-refractivity contribution >= 4 is 19.2 Å². The Balaban J connectivity index is 1.72. The lowest BCUT2D eigenvalue weighted by atomic mass is 9.89. The lowest BCUT2D eigenvalue weighted by Gasteiger charge is -2.33. The van der Waals surface area contributed by atoms with Gasteiger partial charge in [-0.3, -0.25) is 4.52 Å². The average molecular weight is 515 g/mol. The van der Waals surface area contributed by atoms with Crippen molar-refractivity contribution in [3.8, 4) is 17.3 Å². The molecular weight excluding hydrogens is 496 g/mol. The van der Waals surface area contributed by atoms with Gasteiger partial charge in [0.15, 0.2) is 6.79 Å². The first kappa shape index (κ1) is 24.8. The van der Waals surface area contributed by atoms with Crippen LogP contribution in [0.5, 0.6) is 0 Å². The summed E-state index contributed by atoms with van der Waals surface area (Å²) in [6.07, 6.45) is 2.77. The third kappa shape index (κ3) is 6.23. The highest BCUT2D eigenvalue weighted by Gasteiger charge is 2.39. The third-order valence-electron chi connectivity index (χ3n) is 5.10. The van der Waals surface area contributed by atoms with Gasteiger partial charge in [-0.1, -0.05) is 30.3 Å². The van der Waals surface area contributed by atoms with Crippen LogP contribution in [0.25, 0.3) is 11.3 Å². The number of phosphoric acid groups is 1. The number of hydrogen-bond donors (Lipinski definition) is 2. The number of aromatic nitrogens is 4. The largest absolute Gasteiger partial charge is 0.471 e. The molecule has 0 radical (unpaired) electrons. The van der Waals surface area contributed by atoms with Gasteiger partial charge in [-0.05, 0) is 18.2 Å². The number of halogens is 1. The second kappa shape index (κ2) is 10.5. The molecule has 0 unspecified atom stereocenters. The third-order valence-corrected chi connectivity index (χ3v) is 6.39. The molecule has 0 aliphatic heterocycles. The summed E-state index contributed by atoms with van der Waals surface area (Å²) in [4.78, 5) is 26.8. The van der Waals surface area contributed by atoms with E-state index in [1.54, 1.807) is 30.3 Å². The van der Waals surface area contributed by atoms with Crippen molar-refractivity contribution in [2.24, 2.45) is 0 Å². The predicted octanol–water partition coefficient (Wildman–Crippen LogP) is 3.63. The fraction of sp³-hybridized carbons (Fsp3) is 0.182. The van der Waals surface area contributed by atoms with Gasteiger partial charge in [0, 0.05) is 22.9 Å². The molecule has 13 heteroatoms. The second-order valence-electron chi connectivity index (χ2n) is 7.44. The molecule has 2 aromatic carbocycles. The van der Waals surface area contributed by atoms with Crippen LogP contribution in [0.15, 0.2) is 66.6 Å². The Kier molecular flexibility index (Phi) is 7.47. The van der Waals surface area contributed by atoms with E-state index in [4.69, 9.17) is 19.8 Å². The van der Waals surface area contributed by atoms with Gasteiger partial charge in [-0.15, -0.1) is 11.3 Å². The van der Waals surface area contributed by atoms with Gasteiger partial charge in [0.05, 0.1) is 28.9 Å². The number of rotatable bonds is 10. The number of nitriles is 1. The lowest BCUT2D eigenvalue weighted by Crippen LogP contribution is -2.39. The summed E-state index contributed by atoms with van der Waals surface area (Å²) in [6, 6.07) is 14.9. The van der Waals surface area contributed by atoms with Crippen LogP contribution in [0.2, 0.25) is 0 Å². The minimum Gasteiger partial charge on any atom is -0.341 e. The van der Waals surface area contributed by atoms with E-state index < -0.39 is 26.0 Å². The Bertz CT molecular complexity index is 1370. The fourth-order valence-corrected chi connectivity index (χ4v) is 4.60. The van der Waals surface area contributed by atoms with Crippen molar-refractivity contribution in [3.05, 3.63) is 88.5 Å². The van der Waals surface area contributed by atoms with Crippen molar-refractivity contribution in [3.63, 3.8) is 0 Å². The first-order valence-corrected chi connectivity index (χ1v) is 12.6. The molecule has 2 aromatic heterocycles. The van der Waals surface area contributed by atoms with Gasteiger partial charge in [-0.2, -0.15) is 10.4 Å². The smallest absolute Gasteiger partial charge is 0.341 e. The number of nitrogens with zero attached hydrogens (tertiary/aromatic N) is 5. The Morgan fingerprint density at radius 3 is 2.63 bits per heavy atom. The van der Waals surface area contributed by atoms with Gasteiger partial charge >= 0.3 is 7.82 Å². The maximum atomic E-state index is 15.1. The summed E-state index contributed by atoms with van der Waals surface area (Å²) in [5.74, 6) is -0.576. The maximum absolute atomic E-state index is 15.1. The van der Waals surface area contributed by atoms with Gasteiger partial charge in [0.25, 0.3) is 0 Å². The Morgan fingerprint density at radius 1 is 1.20 bits per heavy atom. The van der Waals surface area contributed by atoms with E-state index in [1.165, 1.54) is 46.9 Å². The van der Waals surface area contributed by atoms with Gasteiger partial charge in [0.1, 0.15) is 24.1 Å². The summed E-state index contributed by atoms with van der Waals surface area (Å²) in [6.45, 7) is -0.842. The molecule has 0 bridgehead atoms. The molecule has 180 valence electrons. The molecule has 0 saturated carbocycles. The van der Waals surface area contributed by atoms with Crippen molar-refractivity contribution in [1.82, 2.24) is 19.7 Å². The van der Waals surface area contributed by atoms with Crippen LogP contribution in [-0.2, 0) is 32.4 Å². The minimum atomic E-state index is -4.84. The Labute approximate surface area is 203 Å². The molecule has 4 aromatic rings. The second-order valence-corrected chi connectivity index (χ2v) is 9.62. The predicted molar refractivity (Wildman–Crippen MR) is 123 cm³/mol. The molecule has 1 atom stereocenters. The summed E-state index contributed by atoms with van der Waals surface area (Å²) in [5, 5.41) is 15.5. The zero-order chi connectivity index (χ0) is 24.9. The topological polar surface area (TPSA) is 143 Å². The van der Waals surface area contributed by atoms with Crippen LogP contribution in [0.4, 0.5) is 4.39 Å². The van der Waals surface area contributed by atoms with Gasteiger partial charge < -0.3 is 14.5 Å². The summed E-state index contributed by atoms with van der Waals surface area (Å²) >= 11 is 1.32. The number of hydrogen-bond acceptors (Lipinski definition) is 8. The SMILES string of the molecule is N#Cc1ccc(-c2csc(C[C@@](Cn3cncn3)(OCOP(=O)(O)O)c3ccccc3F)n2)cc1. The summed E-state index contributed by atoms with van der Waals surface area (Å²) in [7, 11) is -4.84. The molecule has 10 nitrogen and oxygen atoms in total.